The second kappa shape index (κ2) is 7.37. The Morgan fingerprint density at radius 2 is 2.00 bits per heavy atom. The van der Waals surface area contributed by atoms with E-state index in [4.69, 9.17) is 0 Å². The van der Waals surface area contributed by atoms with Crippen LogP contribution in [0.4, 0.5) is 5.69 Å². The van der Waals surface area contributed by atoms with Crippen LogP contribution in [0.15, 0.2) is 29.2 Å². The van der Waals surface area contributed by atoms with Crippen LogP contribution < -0.4 is 10.6 Å². The summed E-state index contributed by atoms with van der Waals surface area (Å²) in [6, 6.07) is 6.25. The quantitative estimate of drug-likeness (QED) is 0.733. The van der Waals surface area contributed by atoms with E-state index in [0.29, 0.717) is 12.1 Å². The Morgan fingerprint density at radius 3 is 2.60 bits per heavy atom. The summed E-state index contributed by atoms with van der Waals surface area (Å²) >= 11 is 0. The molecular formula is C13H21N3O3S. The van der Waals surface area contributed by atoms with Crippen molar-refractivity contribution in [2.75, 3.05) is 33.0 Å². The fraction of sp³-hybridized carbons (Fsp3) is 0.462. The molecule has 0 unspecified atom stereocenters. The highest BCUT2D eigenvalue weighted by Gasteiger charge is 2.17. The van der Waals surface area contributed by atoms with Gasteiger partial charge >= 0.3 is 0 Å². The van der Waals surface area contributed by atoms with E-state index < -0.39 is 10.0 Å². The molecule has 0 saturated carbocycles. The summed E-state index contributed by atoms with van der Waals surface area (Å²) in [5.41, 5.74) is 0.488. The average Bonchev–Trinajstić information content (AvgIpc) is 2.39. The van der Waals surface area contributed by atoms with Crippen molar-refractivity contribution < 1.29 is 13.2 Å². The Balaban J connectivity index is 2.77. The Bertz CT molecular complexity index is 556. The lowest BCUT2D eigenvalue weighted by atomic mass is 10.2. The van der Waals surface area contributed by atoms with Gasteiger partial charge in [0, 0.05) is 26.2 Å². The number of rotatable bonds is 7. The predicted octanol–water partition coefficient (Wildman–Crippen LogP) is 0.875. The molecule has 0 atom stereocenters. The molecule has 112 valence electrons. The van der Waals surface area contributed by atoms with Gasteiger partial charge in [-0.25, -0.2) is 12.7 Å². The fourth-order valence-corrected chi connectivity index (χ4v) is 2.54. The molecule has 2 N–H and O–H groups in total. The third-order valence-corrected chi connectivity index (χ3v) is 4.54. The Morgan fingerprint density at radius 1 is 1.30 bits per heavy atom. The predicted molar refractivity (Wildman–Crippen MR) is 79.1 cm³/mol. The summed E-state index contributed by atoms with van der Waals surface area (Å²) in [4.78, 5) is 11.8. The van der Waals surface area contributed by atoms with E-state index in [0.717, 1.165) is 17.3 Å². The number of nitrogens with zero attached hydrogens (tertiary/aromatic N) is 1. The van der Waals surface area contributed by atoms with Crippen LogP contribution in [0.5, 0.6) is 0 Å². The standard InChI is InChI=1S/C13H21N3O3S/c1-14-9-5-8-13(17)15-11-6-4-7-12(10-11)20(18,19)16(2)3/h4,6-7,10,14H,5,8-9H2,1-3H3,(H,15,17). The summed E-state index contributed by atoms with van der Waals surface area (Å²) in [6.07, 6.45) is 1.13. The zero-order valence-corrected chi connectivity index (χ0v) is 12.8. The highest BCUT2D eigenvalue weighted by atomic mass is 32.2. The van der Waals surface area contributed by atoms with Gasteiger partial charge in [0.05, 0.1) is 4.90 Å². The maximum absolute atomic E-state index is 12.0. The minimum atomic E-state index is -3.48. The fourth-order valence-electron chi connectivity index (χ4n) is 1.59. The molecule has 1 aromatic rings. The Kier molecular flexibility index (Phi) is 6.12. The lowest BCUT2D eigenvalue weighted by molar-refractivity contribution is -0.116. The number of hydrogen-bond donors (Lipinski definition) is 2. The summed E-state index contributed by atoms with van der Waals surface area (Å²) in [7, 11) is 1.28. The number of anilines is 1. The van der Waals surface area contributed by atoms with Crippen LogP contribution in [0.3, 0.4) is 0 Å². The topological polar surface area (TPSA) is 78.5 Å². The van der Waals surface area contributed by atoms with Crippen LogP contribution in [0.25, 0.3) is 0 Å². The van der Waals surface area contributed by atoms with E-state index in [9.17, 15) is 13.2 Å². The third-order valence-electron chi connectivity index (χ3n) is 2.73. The zero-order valence-electron chi connectivity index (χ0n) is 12.0. The molecule has 0 saturated heterocycles. The highest BCUT2D eigenvalue weighted by Crippen LogP contribution is 2.18. The first-order valence-corrected chi connectivity index (χ1v) is 7.79. The minimum absolute atomic E-state index is 0.125. The van der Waals surface area contributed by atoms with E-state index in [1.807, 2.05) is 7.05 Å². The van der Waals surface area contributed by atoms with Crippen LogP contribution in [-0.2, 0) is 14.8 Å². The van der Waals surface area contributed by atoms with Crippen molar-refractivity contribution in [1.29, 1.82) is 0 Å². The molecule has 1 amide bonds. The normalized spacial score (nSPS) is 11.6. The SMILES string of the molecule is CNCCCC(=O)Nc1cccc(S(=O)(=O)N(C)C)c1. The van der Waals surface area contributed by atoms with Crippen LogP contribution in [0.1, 0.15) is 12.8 Å². The number of carbonyl (C=O) groups is 1. The van der Waals surface area contributed by atoms with Crippen LogP contribution >= 0.6 is 0 Å². The molecule has 0 fully saturated rings. The lowest BCUT2D eigenvalue weighted by Crippen LogP contribution is -2.22. The maximum atomic E-state index is 12.0. The second-order valence-electron chi connectivity index (χ2n) is 4.57. The van der Waals surface area contributed by atoms with Crippen molar-refractivity contribution in [3.05, 3.63) is 24.3 Å². The van der Waals surface area contributed by atoms with E-state index >= 15 is 0 Å². The van der Waals surface area contributed by atoms with Gasteiger partial charge in [0.2, 0.25) is 15.9 Å². The van der Waals surface area contributed by atoms with Gasteiger partial charge in [0.25, 0.3) is 0 Å². The second-order valence-corrected chi connectivity index (χ2v) is 6.72. The molecule has 0 aliphatic rings. The van der Waals surface area contributed by atoms with Gasteiger partial charge in [-0.15, -0.1) is 0 Å². The van der Waals surface area contributed by atoms with Crippen LogP contribution in [0.2, 0.25) is 0 Å². The molecule has 6 nitrogen and oxygen atoms in total. The van der Waals surface area contributed by atoms with Crippen LogP contribution in [-0.4, -0.2) is 46.3 Å². The highest BCUT2D eigenvalue weighted by molar-refractivity contribution is 7.89. The summed E-state index contributed by atoms with van der Waals surface area (Å²) in [5.74, 6) is -0.125. The van der Waals surface area contributed by atoms with Crippen molar-refractivity contribution in [1.82, 2.24) is 9.62 Å². The van der Waals surface area contributed by atoms with Gasteiger partial charge in [-0.2, -0.15) is 0 Å². The average molecular weight is 299 g/mol. The van der Waals surface area contributed by atoms with Gasteiger partial charge < -0.3 is 10.6 Å². The molecule has 0 spiro atoms. The van der Waals surface area contributed by atoms with Gasteiger partial charge in [0.15, 0.2) is 0 Å². The van der Waals surface area contributed by atoms with E-state index in [1.54, 1.807) is 12.1 Å². The zero-order chi connectivity index (χ0) is 15.2. The number of sulfonamides is 1. The van der Waals surface area contributed by atoms with Gasteiger partial charge in [-0.3, -0.25) is 4.79 Å². The molecule has 0 aliphatic carbocycles. The molecule has 0 radical (unpaired) electrons. The molecule has 0 aliphatic heterocycles. The Labute approximate surface area is 120 Å². The van der Waals surface area contributed by atoms with Crippen molar-refractivity contribution in [3.63, 3.8) is 0 Å². The van der Waals surface area contributed by atoms with E-state index in [2.05, 4.69) is 10.6 Å². The smallest absolute Gasteiger partial charge is 0.242 e. The maximum Gasteiger partial charge on any atom is 0.242 e. The summed E-state index contributed by atoms with van der Waals surface area (Å²) < 4.78 is 25.1. The summed E-state index contributed by atoms with van der Waals surface area (Å²) in [6.45, 7) is 0.766. The van der Waals surface area contributed by atoms with Crippen molar-refractivity contribution in [2.24, 2.45) is 0 Å². The first-order chi connectivity index (χ1) is 9.37. The number of hydrogen-bond acceptors (Lipinski definition) is 4. The van der Waals surface area contributed by atoms with Gasteiger partial charge in [-0.05, 0) is 38.2 Å². The molecular weight excluding hydrogens is 278 g/mol. The number of amides is 1. The minimum Gasteiger partial charge on any atom is -0.326 e. The molecule has 1 aromatic carbocycles. The van der Waals surface area contributed by atoms with Gasteiger partial charge in [-0.1, -0.05) is 6.07 Å². The largest absolute Gasteiger partial charge is 0.326 e. The van der Waals surface area contributed by atoms with Crippen LogP contribution in [0, 0.1) is 0 Å². The first kappa shape index (κ1) is 16.6. The number of nitrogens with one attached hydrogen (secondary N) is 2. The summed E-state index contributed by atoms with van der Waals surface area (Å²) in [5, 5.41) is 5.67. The lowest BCUT2D eigenvalue weighted by Gasteiger charge is -2.12. The molecule has 0 bridgehead atoms. The molecule has 0 aromatic heterocycles. The van der Waals surface area contributed by atoms with E-state index in [-0.39, 0.29) is 10.8 Å². The molecule has 20 heavy (non-hydrogen) atoms. The van der Waals surface area contributed by atoms with Crippen molar-refractivity contribution in [2.45, 2.75) is 17.7 Å². The van der Waals surface area contributed by atoms with Gasteiger partial charge in [0.1, 0.15) is 0 Å². The first-order valence-electron chi connectivity index (χ1n) is 6.35. The monoisotopic (exact) mass is 299 g/mol. The van der Waals surface area contributed by atoms with Crippen molar-refractivity contribution in [3.8, 4) is 0 Å². The number of benzene rings is 1. The number of carbonyl (C=O) groups excluding carboxylic acids is 1. The molecule has 1 rings (SSSR count). The van der Waals surface area contributed by atoms with E-state index in [1.165, 1.54) is 26.2 Å². The molecule has 7 heteroatoms. The third kappa shape index (κ3) is 4.59. The van der Waals surface area contributed by atoms with Crippen molar-refractivity contribution >= 4 is 21.6 Å². The molecule has 0 heterocycles. The Hall–Kier alpha value is -1.44.